The molecule has 0 saturated heterocycles. The van der Waals surface area contributed by atoms with Crippen LogP contribution in [0.4, 0.5) is 0 Å². The van der Waals surface area contributed by atoms with Crippen molar-refractivity contribution in [2.45, 2.75) is 13.3 Å². The van der Waals surface area contributed by atoms with E-state index in [2.05, 4.69) is 26.0 Å². The van der Waals surface area contributed by atoms with Gasteiger partial charge in [0.2, 0.25) is 0 Å². The Morgan fingerprint density at radius 3 is 2.64 bits per heavy atom. The van der Waals surface area contributed by atoms with Gasteiger partial charge in [0, 0.05) is 0 Å². The molecule has 0 atom stereocenters. The maximum Gasteiger partial charge on any atom is 0.122 e. The summed E-state index contributed by atoms with van der Waals surface area (Å²) in [6, 6.07) is 6.08. The molecule has 0 aliphatic carbocycles. The van der Waals surface area contributed by atoms with Gasteiger partial charge in [0.15, 0.2) is 0 Å². The van der Waals surface area contributed by atoms with Crippen LogP contribution in [0.25, 0.3) is 0 Å². The van der Waals surface area contributed by atoms with Crippen molar-refractivity contribution in [1.29, 1.82) is 0 Å². The van der Waals surface area contributed by atoms with Gasteiger partial charge >= 0.3 is 0 Å². The third kappa shape index (κ3) is 1.73. The molecule has 1 heteroatoms. The molecule has 0 N–H and O–H groups in total. The Morgan fingerprint density at radius 2 is 2.18 bits per heavy atom. The Balaban J connectivity index is 2.99. The van der Waals surface area contributed by atoms with Gasteiger partial charge in [0.25, 0.3) is 0 Å². The van der Waals surface area contributed by atoms with Gasteiger partial charge in [-0.3, -0.25) is 0 Å². The van der Waals surface area contributed by atoms with Crippen LogP contribution >= 0.6 is 0 Å². The summed E-state index contributed by atoms with van der Waals surface area (Å²) in [5.74, 6) is 0.863. The second-order valence-electron chi connectivity index (χ2n) is 2.50. The van der Waals surface area contributed by atoms with E-state index in [1.807, 2.05) is 6.07 Å². The summed E-state index contributed by atoms with van der Waals surface area (Å²) in [6.45, 7) is 6.00. The van der Waals surface area contributed by atoms with Gasteiger partial charge < -0.3 is 4.74 Å². The van der Waals surface area contributed by atoms with Crippen LogP contribution in [0.15, 0.2) is 18.2 Å². The SMILES string of the molecule is [CH2]c1cc(CC)ccc1OC. The Bertz CT molecular complexity index is 241. The Kier molecular flexibility index (Phi) is 2.53. The average Bonchev–Trinajstić information content (AvgIpc) is 2.04. The molecule has 59 valence electrons. The number of benzene rings is 1. The number of hydrogen-bond acceptors (Lipinski definition) is 1. The number of aryl methyl sites for hydroxylation is 1. The van der Waals surface area contributed by atoms with Crippen molar-refractivity contribution in [3.63, 3.8) is 0 Å². The predicted molar refractivity (Wildman–Crippen MR) is 46.8 cm³/mol. The van der Waals surface area contributed by atoms with Crippen LogP contribution in [0.2, 0.25) is 0 Å². The molecule has 0 unspecified atom stereocenters. The van der Waals surface area contributed by atoms with E-state index in [0.29, 0.717) is 0 Å². The lowest BCUT2D eigenvalue weighted by molar-refractivity contribution is 0.413. The van der Waals surface area contributed by atoms with Crippen LogP contribution < -0.4 is 4.74 Å². The minimum absolute atomic E-state index is 0.863. The number of methoxy groups -OCH3 is 1. The zero-order valence-electron chi connectivity index (χ0n) is 7.05. The molecule has 0 aliphatic heterocycles. The van der Waals surface area contributed by atoms with E-state index >= 15 is 0 Å². The lowest BCUT2D eigenvalue weighted by Gasteiger charge is -2.04. The van der Waals surface area contributed by atoms with Gasteiger partial charge in [0.05, 0.1) is 7.11 Å². The van der Waals surface area contributed by atoms with Gasteiger partial charge in [-0.25, -0.2) is 0 Å². The van der Waals surface area contributed by atoms with Crippen molar-refractivity contribution in [1.82, 2.24) is 0 Å². The fraction of sp³-hybridized carbons (Fsp3) is 0.300. The van der Waals surface area contributed by atoms with Crippen molar-refractivity contribution in [3.05, 3.63) is 36.2 Å². The molecule has 1 nitrogen and oxygen atoms in total. The summed E-state index contributed by atoms with van der Waals surface area (Å²) in [7, 11) is 1.66. The summed E-state index contributed by atoms with van der Waals surface area (Å²) in [5.41, 5.74) is 2.27. The molecule has 0 bridgehead atoms. The molecule has 11 heavy (non-hydrogen) atoms. The van der Waals surface area contributed by atoms with E-state index in [1.165, 1.54) is 5.56 Å². The molecule has 0 saturated carbocycles. The summed E-state index contributed by atoms with van der Waals surface area (Å²) in [4.78, 5) is 0. The van der Waals surface area contributed by atoms with Gasteiger partial charge in [-0.15, -0.1) is 0 Å². The molecule has 0 spiro atoms. The van der Waals surface area contributed by atoms with Crippen molar-refractivity contribution in [3.8, 4) is 5.75 Å². The van der Waals surface area contributed by atoms with Gasteiger partial charge in [-0.1, -0.05) is 19.1 Å². The first-order valence-electron chi connectivity index (χ1n) is 3.76. The van der Waals surface area contributed by atoms with E-state index < -0.39 is 0 Å². The largest absolute Gasteiger partial charge is 0.496 e. The average molecular weight is 149 g/mol. The number of hydrogen-bond donors (Lipinski definition) is 0. The lowest BCUT2D eigenvalue weighted by atomic mass is 10.1. The maximum absolute atomic E-state index is 5.08. The second-order valence-corrected chi connectivity index (χ2v) is 2.50. The highest BCUT2D eigenvalue weighted by molar-refractivity contribution is 5.38. The molecule has 1 radical (unpaired) electrons. The van der Waals surface area contributed by atoms with E-state index in [1.54, 1.807) is 7.11 Å². The normalized spacial score (nSPS) is 9.73. The molecule has 1 rings (SSSR count). The summed E-state index contributed by atoms with van der Waals surface area (Å²) >= 11 is 0. The molecule has 1 aromatic carbocycles. The van der Waals surface area contributed by atoms with Crippen LogP contribution in [0.1, 0.15) is 18.1 Å². The quantitative estimate of drug-likeness (QED) is 0.627. The van der Waals surface area contributed by atoms with Crippen LogP contribution in [-0.4, -0.2) is 7.11 Å². The van der Waals surface area contributed by atoms with Crippen LogP contribution in [0.3, 0.4) is 0 Å². The molecular formula is C10H13O. The van der Waals surface area contributed by atoms with Gasteiger partial charge in [-0.05, 0) is 30.5 Å². The zero-order chi connectivity index (χ0) is 8.27. The third-order valence-electron chi connectivity index (χ3n) is 1.75. The summed E-state index contributed by atoms with van der Waals surface area (Å²) in [6.07, 6.45) is 1.05. The van der Waals surface area contributed by atoms with Crippen LogP contribution in [-0.2, 0) is 6.42 Å². The molecule has 0 amide bonds. The molecule has 1 aromatic rings. The first-order valence-corrected chi connectivity index (χ1v) is 3.76. The summed E-state index contributed by atoms with van der Waals surface area (Å²) in [5, 5.41) is 0. The first kappa shape index (κ1) is 8.12. The topological polar surface area (TPSA) is 9.23 Å². The molecule has 0 aromatic heterocycles. The lowest BCUT2D eigenvalue weighted by Crippen LogP contribution is -1.88. The molecule has 0 aliphatic rings. The van der Waals surface area contributed by atoms with Crippen molar-refractivity contribution >= 4 is 0 Å². The minimum Gasteiger partial charge on any atom is -0.496 e. The second kappa shape index (κ2) is 3.42. The first-order chi connectivity index (χ1) is 5.27. The van der Waals surface area contributed by atoms with E-state index in [4.69, 9.17) is 4.74 Å². The van der Waals surface area contributed by atoms with E-state index in [-0.39, 0.29) is 0 Å². The number of rotatable bonds is 2. The highest BCUT2D eigenvalue weighted by Gasteiger charge is 1.96. The third-order valence-corrected chi connectivity index (χ3v) is 1.75. The Labute approximate surface area is 68.0 Å². The monoisotopic (exact) mass is 149 g/mol. The Hall–Kier alpha value is -0.980. The minimum atomic E-state index is 0.863. The maximum atomic E-state index is 5.08. The number of ether oxygens (including phenoxy) is 1. The van der Waals surface area contributed by atoms with Gasteiger partial charge in [0.1, 0.15) is 5.75 Å². The van der Waals surface area contributed by atoms with Gasteiger partial charge in [-0.2, -0.15) is 0 Å². The van der Waals surface area contributed by atoms with Crippen LogP contribution in [0, 0.1) is 6.92 Å². The van der Waals surface area contributed by atoms with E-state index in [0.717, 1.165) is 17.7 Å². The smallest absolute Gasteiger partial charge is 0.122 e. The fourth-order valence-corrected chi connectivity index (χ4v) is 1.05. The molecule has 0 fully saturated rings. The predicted octanol–water partition coefficient (Wildman–Crippen LogP) is 2.44. The molecule has 0 heterocycles. The van der Waals surface area contributed by atoms with Crippen molar-refractivity contribution in [2.24, 2.45) is 0 Å². The van der Waals surface area contributed by atoms with Crippen LogP contribution in [0.5, 0.6) is 5.75 Å². The summed E-state index contributed by atoms with van der Waals surface area (Å²) < 4.78 is 5.08. The highest BCUT2D eigenvalue weighted by atomic mass is 16.5. The van der Waals surface area contributed by atoms with Crippen molar-refractivity contribution in [2.75, 3.05) is 7.11 Å². The van der Waals surface area contributed by atoms with Crippen molar-refractivity contribution < 1.29 is 4.74 Å². The fourth-order valence-electron chi connectivity index (χ4n) is 1.05. The Morgan fingerprint density at radius 1 is 1.45 bits per heavy atom. The van der Waals surface area contributed by atoms with E-state index in [9.17, 15) is 0 Å². The highest BCUT2D eigenvalue weighted by Crippen LogP contribution is 2.18. The standard InChI is InChI=1S/C10H13O/c1-4-9-5-6-10(11-3)8(2)7-9/h5-7H,2,4H2,1,3H3. The zero-order valence-corrected chi connectivity index (χ0v) is 7.05. The molecular weight excluding hydrogens is 136 g/mol.